The van der Waals surface area contributed by atoms with Crippen molar-refractivity contribution in [3.8, 4) is 0 Å². The average molecular weight is 248 g/mol. The number of nitrogens with one attached hydrogen (secondary N) is 2. The van der Waals surface area contributed by atoms with Gasteiger partial charge in [-0.15, -0.1) is 0 Å². The summed E-state index contributed by atoms with van der Waals surface area (Å²) in [5.74, 6) is 0.145. The van der Waals surface area contributed by atoms with Crippen molar-refractivity contribution in [2.45, 2.75) is 33.1 Å². The van der Waals surface area contributed by atoms with Crippen LogP contribution in [0.3, 0.4) is 0 Å². The van der Waals surface area contributed by atoms with Crippen molar-refractivity contribution in [1.82, 2.24) is 10.6 Å². The molecular weight excluding hydrogens is 224 g/mol. The molecular formula is C15H24N2O. The lowest BCUT2D eigenvalue weighted by molar-refractivity contribution is -0.121. The van der Waals surface area contributed by atoms with E-state index in [1.165, 1.54) is 11.1 Å². The lowest BCUT2D eigenvalue weighted by Gasteiger charge is -2.06. The van der Waals surface area contributed by atoms with Crippen LogP contribution < -0.4 is 10.6 Å². The summed E-state index contributed by atoms with van der Waals surface area (Å²) in [5, 5.41) is 6.18. The first-order valence-corrected chi connectivity index (χ1v) is 6.75. The van der Waals surface area contributed by atoms with Crippen LogP contribution in [0.25, 0.3) is 0 Å². The molecule has 100 valence electrons. The van der Waals surface area contributed by atoms with Crippen LogP contribution in [-0.4, -0.2) is 25.5 Å². The predicted octanol–water partition coefficient (Wildman–Crippen LogP) is 2.04. The van der Waals surface area contributed by atoms with Crippen LogP contribution in [-0.2, 0) is 11.2 Å². The molecule has 1 aromatic carbocycles. The standard InChI is InChI=1S/C15H24N2O/c1-3-16-11-4-12-17-15(18)10-9-14-7-5-13(2)6-8-14/h5-8,16H,3-4,9-12H2,1-2H3,(H,17,18). The van der Waals surface area contributed by atoms with Crippen molar-refractivity contribution >= 4 is 5.91 Å². The highest BCUT2D eigenvalue weighted by atomic mass is 16.1. The fourth-order valence-electron chi connectivity index (χ4n) is 1.72. The van der Waals surface area contributed by atoms with Gasteiger partial charge in [0.2, 0.25) is 5.91 Å². The van der Waals surface area contributed by atoms with Crippen LogP contribution in [0, 0.1) is 6.92 Å². The van der Waals surface area contributed by atoms with Crippen molar-refractivity contribution in [3.63, 3.8) is 0 Å². The number of rotatable bonds is 8. The molecule has 0 radical (unpaired) electrons. The minimum absolute atomic E-state index is 0.145. The lowest BCUT2D eigenvalue weighted by atomic mass is 10.1. The molecule has 0 aromatic heterocycles. The number of benzene rings is 1. The molecule has 2 N–H and O–H groups in total. The van der Waals surface area contributed by atoms with Crippen molar-refractivity contribution in [2.24, 2.45) is 0 Å². The molecule has 0 heterocycles. The second-order valence-corrected chi connectivity index (χ2v) is 4.54. The molecule has 0 aliphatic carbocycles. The molecule has 0 fully saturated rings. The Morgan fingerprint density at radius 2 is 1.89 bits per heavy atom. The molecule has 0 bridgehead atoms. The first-order valence-electron chi connectivity index (χ1n) is 6.75. The zero-order valence-electron chi connectivity index (χ0n) is 11.5. The predicted molar refractivity (Wildman–Crippen MR) is 75.7 cm³/mol. The summed E-state index contributed by atoms with van der Waals surface area (Å²) in [6.45, 7) is 6.87. The maximum absolute atomic E-state index is 11.6. The smallest absolute Gasteiger partial charge is 0.220 e. The topological polar surface area (TPSA) is 41.1 Å². The van der Waals surface area contributed by atoms with Crippen LogP contribution in [0.1, 0.15) is 30.9 Å². The van der Waals surface area contributed by atoms with E-state index in [0.717, 1.165) is 32.5 Å². The van der Waals surface area contributed by atoms with E-state index in [1.54, 1.807) is 0 Å². The van der Waals surface area contributed by atoms with E-state index >= 15 is 0 Å². The van der Waals surface area contributed by atoms with Crippen LogP contribution in [0.4, 0.5) is 0 Å². The second kappa shape index (κ2) is 8.70. The van der Waals surface area contributed by atoms with Crippen LogP contribution in [0.5, 0.6) is 0 Å². The van der Waals surface area contributed by atoms with E-state index in [0.29, 0.717) is 6.42 Å². The molecule has 1 rings (SSSR count). The van der Waals surface area contributed by atoms with Crippen molar-refractivity contribution in [3.05, 3.63) is 35.4 Å². The molecule has 0 aliphatic heterocycles. The van der Waals surface area contributed by atoms with Gasteiger partial charge in [0.05, 0.1) is 0 Å². The number of carbonyl (C=O) groups is 1. The van der Waals surface area contributed by atoms with Gasteiger partial charge in [0, 0.05) is 13.0 Å². The molecule has 1 aromatic rings. The highest BCUT2D eigenvalue weighted by molar-refractivity contribution is 5.76. The Hall–Kier alpha value is -1.35. The summed E-state index contributed by atoms with van der Waals surface area (Å²) in [6.07, 6.45) is 2.38. The average Bonchev–Trinajstić information content (AvgIpc) is 2.38. The molecule has 3 heteroatoms. The minimum atomic E-state index is 0.145. The summed E-state index contributed by atoms with van der Waals surface area (Å²) < 4.78 is 0. The maximum Gasteiger partial charge on any atom is 0.220 e. The van der Waals surface area contributed by atoms with Gasteiger partial charge in [-0.25, -0.2) is 0 Å². The van der Waals surface area contributed by atoms with E-state index in [1.807, 2.05) is 0 Å². The third kappa shape index (κ3) is 6.40. The SMILES string of the molecule is CCNCCCNC(=O)CCc1ccc(C)cc1. The Kier molecular flexibility index (Phi) is 7.11. The Morgan fingerprint density at radius 3 is 2.56 bits per heavy atom. The van der Waals surface area contributed by atoms with E-state index in [2.05, 4.69) is 48.7 Å². The molecule has 1 amide bonds. The van der Waals surface area contributed by atoms with Gasteiger partial charge in [0.1, 0.15) is 0 Å². The molecule has 0 unspecified atom stereocenters. The van der Waals surface area contributed by atoms with Gasteiger partial charge in [0.25, 0.3) is 0 Å². The van der Waals surface area contributed by atoms with Gasteiger partial charge >= 0.3 is 0 Å². The molecule has 3 nitrogen and oxygen atoms in total. The number of hydrogen-bond donors (Lipinski definition) is 2. The first-order chi connectivity index (χ1) is 8.72. The highest BCUT2D eigenvalue weighted by Crippen LogP contribution is 2.05. The minimum Gasteiger partial charge on any atom is -0.356 e. The van der Waals surface area contributed by atoms with E-state index in [4.69, 9.17) is 0 Å². The summed E-state index contributed by atoms with van der Waals surface area (Å²) >= 11 is 0. The number of aryl methyl sites for hydroxylation is 2. The van der Waals surface area contributed by atoms with Crippen LogP contribution in [0.15, 0.2) is 24.3 Å². The Balaban J connectivity index is 2.11. The highest BCUT2D eigenvalue weighted by Gasteiger charge is 2.01. The monoisotopic (exact) mass is 248 g/mol. The maximum atomic E-state index is 11.6. The molecule has 0 atom stereocenters. The van der Waals surface area contributed by atoms with E-state index in [9.17, 15) is 4.79 Å². The summed E-state index contributed by atoms with van der Waals surface area (Å²) in [4.78, 5) is 11.6. The largest absolute Gasteiger partial charge is 0.356 e. The third-order valence-electron chi connectivity index (χ3n) is 2.86. The Morgan fingerprint density at radius 1 is 1.17 bits per heavy atom. The molecule has 0 saturated heterocycles. The van der Waals surface area contributed by atoms with Crippen LogP contribution in [0.2, 0.25) is 0 Å². The lowest BCUT2D eigenvalue weighted by Crippen LogP contribution is -2.27. The number of carbonyl (C=O) groups excluding carboxylic acids is 1. The molecule has 0 saturated carbocycles. The summed E-state index contributed by atoms with van der Waals surface area (Å²) in [6, 6.07) is 8.36. The number of hydrogen-bond acceptors (Lipinski definition) is 2. The van der Waals surface area contributed by atoms with Gasteiger partial charge in [-0.2, -0.15) is 0 Å². The normalized spacial score (nSPS) is 10.3. The van der Waals surface area contributed by atoms with Gasteiger partial charge in [-0.1, -0.05) is 36.8 Å². The van der Waals surface area contributed by atoms with Gasteiger partial charge < -0.3 is 10.6 Å². The Bertz CT molecular complexity index is 346. The summed E-state index contributed by atoms with van der Waals surface area (Å²) in [7, 11) is 0. The van der Waals surface area contributed by atoms with Crippen molar-refractivity contribution in [1.29, 1.82) is 0 Å². The van der Waals surface area contributed by atoms with E-state index in [-0.39, 0.29) is 5.91 Å². The van der Waals surface area contributed by atoms with Crippen molar-refractivity contribution in [2.75, 3.05) is 19.6 Å². The van der Waals surface area contributed by atoms with E-state index < -0.39 is 0 Å². The Labute approximate surface area is 110 Å². The zero-order valence-corrected chi connectivity index (χ0v) is 11.5. The zero-order chi connectivity index (χ0) is 13.2. The first kappa shape index (κ1) is 14.7. The molecule has 0 aliphatic rings. The van der Waals surface area contributed by atoms with Crippen molar-refractivity contribution < 1.29 is 4.79 Å². The second-order valence-electron chi connectivity index (χ2n) is 4.54. The third-order valence-corrected chi connectivity index (χ3v) is 2.86. The molecule has 0 spiro atoms. The van der Waals surface area contributed by atoms with Gasteiger partial charge in [0.15, 0.2) is 0 Å². The summed E-state index contributed by atoms with van der Waals surface area (Å²) in [5.41, 5.74) is 2.48. The fraction of sp³-hybridized carbons (Fsp3) is 0.533. The van der Waals surface area contributed by atoms with Gasteiger partial charge in [-0.05, 0) is 38.4 Å². The molecule has 18 heavy (non-hydrogen) atoms. The van der Waals surface area contributed by atoms with Gasteiger partial charge in [-0.3, -0.25) is 4.79 Å². The van der Waals surface area contributed by atoms with Crippen LogP contribution >= 0.6 is 0 Å². The number of amides is 1. The quantitative estimate of drug-likeness (QED) is 0.691. The fourth-order valence-corrected chi connectivity index (χ4v) is 1.72.